The van der Waals surface area contributed by atoms with Crippen LogP contribution in [0.1, 0.15) is 83.7 Å². The first-order valence-corrected chi connectivity index (χ1v) is 20.9. The van der Waals surface area contributed by atoms with Gasteiger partial charge in [-0.3, -0.25) is 19.3 Å². The normalized spacial score (nSPS) is 28.4. The molecule has 3 fully saturated rings. The van der Waals surface area contributed by atoms with E-state index in [4.69, 9.17) is 31.0 Å². The van der Waals surface area contributed by atoms with Crippen molar-refractivity contribution in [2.24, 2.45) is 11.8 Å². The second kappa shape index (κ2) is 14.4. The van der Waals surface area contributed by atoms with Crippen LogP contribution in [0.15, 0.2) is 35.7 Å². The number of pyridine rings is 1. The number of methoxy groups -OCH3 is 1. The van der Waals surface area contributed by atoms with Gasteiger partial charge in [0.1, 0.15) is 38.9 Å². The Labute approximate surface area is 319 Å². The van der Waals surface area contributed by atoms with Gasteiger partial charge in [0.25, 0.3) is 5.91 Å². The summed E-state index contributed by atoms with van der Waals surface area (Å²) in [6.07, 6.45) is 7.18. The van der Waals surface area contributed by atoms with Crippen LogP contribution in [0.3, 0.4) is 0 Å². The van der Waals surface area contributed by atoms with E-state index in [1.165, 1.54) is 18.4 Å². The van der Waals surface area contributed by atoms with Gasteiger partial charge in [0.05, 0.1) is 29.0 Å². The van der Waals surface area contributed by atoms with E-state index >= 15 is 0 Å². The molecule has 2 aromatic heterocycles. The minimum atomic E-state index is -3.94. The zero-order chi connectivity index (χ0) is 37.9. The second-order valence-corrected chi connectivity index (χ2v) is 18.8. The second-order valence-electron chi connectivity index (χ2n) is 15.4. The Morgan fingerprint density at radius 3 is 2.66 bits per heavy atom. The topological polar surface area (TPSA) is 166 Å². The molecule has 16 heteroatoms. The van der Waals surface area contributed by atoms with Crippen LogP contribution in [0, 0.1) is 17.0 Å². The number of hydrogen-bond acceptors (Lipinski definition) is 12. The maximum atomic E-state index is 14.3. The van der Waals surface area contributed by atoms with E-state index < -0.39 is 50.2 Å². The first-order chi connectivity index (χ1) is 25.2. The number of carbonyl (C=O) groups excluding carboxylic acids is 2. The molecule has 13 nitrogen and oxygen atoms in total. The summed E-state index contributed by atoms with van der Waals surface area (Å²) in [4.78, 5) is 37.7. The Kier molecular flexibility index (Phi) is 10.3. The molecule has 1 aromatic carbocycles. The number of nitrogens with zero attached hydrogens (tertiary/aromatic N) is 4. The Morgan fingerprint density at radius 1 is 1.19 bits per heavy atom. The number of thiazole rings is 1. The Morgan fingerprint density at radius 2 is 1.96 bits per heavy atom. The van der Waals surface area contributed by atoms with E-state index in [0.29, 0.717) is 57.5 Å². The highest BCUT2D eigenvalue weighted by atomic mass is 35.5. The lowest BCUT2D eigenvalue weighted by Crippen LogP contribution is -2.56. The van der Waals surface area contributed by atoms with Gasteiger partial charge in [-0.25, -0.2) is 18.4 Å². The quantitative estimate of drug-likeness (QED) is 0.260. The van der Waals surface area contributed by atoms with E-state index in [2.05, 4.69) is 23.9 Å². The summed E-state index contributed by atoms with van der Waals surface area (Å²) in [6.45, 7) is 6.26. The van der Waals surface area contributed by atoms with Crippen molar-refractivity contribution in [2.75, 3.05) is 20.7 Å². The number of sulfonamides is 1. The molecule has 2 N–H and O–H groups in total. The number of hydroxylamine groups is 1. The molecule has 0 bridgehead atoms. The van der Waals surface area contributed by atoms with Crippen LogP contribution in [0.4, 0.5) is 0 Å². The Hall–Kier alpha value is -3.34. The number of carbonyl (C=O) groups is 2. The van der Waals surface area contributed by atoms with Gasteiger partial charge in [-0.2, -0.15) is 0 Å². The highest BCUT2D eigenvalue weighted by molar-refractivity contribution is 7.91. The molecular weight excluding hydrogens is 740 g/mol. The average molecular weight is 786 g/mol. The van der Waals surface area contributed by atoms with Crippen molar-refractivity contribution >= 4 is 55.7 Å². The molecule has 0 spiro atoms. The third-order valence-electron chi connectivity index (χ3n) is 11.2. The number of amides is 2. The van der Waals surface area contributed by atoms with E-state index in [0.717, 1.165) is 30.1 Å². The molecule has 0 saturated heterocycles. The monoisotopic (exact) mass is 785 g/mol. The fourth-order valence-electron chi connectivity index (χ4n) is 7.30. The summed E-state index contributed by atoms with van der Waals surface area (Å²) >= 11 is 8.27. The van der Waals surface area contributed by atoms with Gasteiger partial charge in [-0.15, -0.1) is 11.3 Å². The zero-order valence-electron chi connectivity index (χ0n) is 30.6. The van der Waals surface area contributed by atoms with Crippen molar-refractivity contribution in [2.45, 2.75) is 100 Å². The summed E-state index contributed by atoms with van der Waals surface area (Å²) in [7, 11) is -0.696. The number of allylic oxidation sites excluding steroid dienone is 1. The maximum Gasteiger partial charge on any atom is 0.259 e. The van der Waals surface area contributed by atoms with Gasteiger partial charge in [-0.1, -0.05) is 37.6 Å². The molecule has 53 heavy (non-hydrogen) atoms. The maximum absolute atomic E-state index is 14.3. The third kappa shape index (κ3) is 7.28. The Bertz CT molecular complexity index is 2050. The highest BCUT2D eigenvalue weighted by Crippen LogP contribution is 2.48. The predicted molar refractivity (Wildman–Crippen MR) is 204 cm³/mol. The molecule has 3 heterocycles. The molecule has 2 amide bonds. The number of hydrazine groups is 1. The standard InChI is InChI=1S/C37H46ClN6O7S2/c1-21(2)27-20-52-34(40-27)26-18-30(24-11-12-29(50-5)31(38)32(24)39-26)51-23-16-25-28(17-23)44(47)43(4)15-9-7-6-8-10-22-19-37(22,41-33(25)45)35(46)42-53(48,49)36(3)13-14-36/h8,10-12,18,20-23,25,28H,6-7,9,13-17,19H2,1-5H3,(H,41,45)(H,42,46)/q-1/b10-8-/t22-,23-,25-,28-,37-/m1/s1. The number of ether oxygens (including phenoxy) is 2. The number of nitrogens with one attached hydrogen (secondary N) is 2. The summed E-state index contributed by atoms with van der Waals surface area (Å²) in [5, 5.41) is 23.0. The first-order valence-electron chi connectivity index (χ1n) is 18.2. The van der Waals surface area contributed by atoms with Crippen LogP contribution in [-0.2, 0) is 19.6 Å². The largest absolute Gasteiger partial charge is 0.771 e. The summed E-state index contributed by atoms with van der Waals surface area (Å²) in [6, 6.07) is 4.56. The molecule has 3 aliphatic carbocycles. The smallest absolute Gasteiger partial charge is 0.259 e. The van der Waals surface area contributed by atoms with Crippen LogP contribution in [-0.4, -0.2) is 83.5 Å². The number of rotatable bonds is 8. The van der Waals surface area contributed by atoms with E-state index in [-0.39, 0.29) is 31.1 Å². The fraction of sp³-hybridized carbons (Fsp3) is 0.568. The van der Waals surface area contributed by atoms with E-state index in [1.54, 1.807) is 25.0 Å². The molecule has 4 aliphatic rings. The van der Waals surface area contributed by atoms with Gasteiger partial charge >= 0.3 is 0 Å². The zero-order valence-corrected chi connectivity index (χ0v) is 32.9. The molecule has 3 aromatic rings. The van der Waals surface area contributed by atoms with Crippen LogP contribution in [0.2, 0.25) is 5.02 Å². The summed E-state index contributed by atoms with van der Waals surface area (Å²) in [5.41, 5.74) is 0.533. The number of benzene rings is 1. The van der Waals surface area contributed by atoms with Crippen molar-refractivity contribution in [1.82, 2.24) is 30.2 Å². The molecule has 286 valence electrons. The third-order valence-corrected chi connectivity index (χ3v) is 14.6. The van der Waals surface area contributed by atoms with Crippen LogP contribution >= 0.6 is 22.9 Å². The number of aromatic nitrogens is 2. The van der Waals surface area contributed by atoms with Crippen LogP contribution in [0.25, 0.3) is 21.6 Å². The van der Waals surface area contributed by atoms with Gasteiger partial charge in [0, 0.05) is 48.8 Å². The number of fused-ring (bicyclic) bond motifs is 3. The molecule has 0 unspecified atom stereocenters. The predicted octanol–water partition coefficient (Wildman–Crippen LogP) is 5.93. The first kappa shape index (κ1) is 38.0. The minimum absolute atomic E-state index is 0.176. The van der Waals surface area contributed by atoms with Crippen molar-refractivity contribution in [1.29, 1.82) is 0 Å². The lowest BCUT2D eigenvalue weighted by atomic mass is 10.0. The lowest BCUT2D eigenvalue weighted by molar-refractivity contribution is -0.134. The lowest BCUT2D eigenvalue weighted by Gasteiger charge is -2.44. The molecule has 1 aliphatic heterocycles. The Balaban J connectivity index is 1.21. The van der Waals surface area contributed by atoms with Gasteiger partial charge in [0.15, 0.2) is 0 Å². The van der Waals surface area contributed by atoms with Crippen LogP contribution in [0.5, 0.6) is 11.5 Å². The van der Waals surface area contributed by atoms with Gasteiger partial charge in [0.2, 0.25) is 15.9 Å². The fourth-order valence-corrected chi connectivity index (χ4v) is 9.84. The van der Waals surface area contributed by atoms with Gasteiger partial charge < -0.3 is 25.2 Å². The van der Waals surface area contributed by atoms with Crippen molar-refractivity contribution < 1.29 is 27.5 Å². The van der Waals surface area contributed by atoms with Gasteiger partial charge in [-0.05, 0) is 69.9 Å². The van der Waals surface area contributed by atoms with E-state index in [9.17, 15) is 23.2 Å². The van der Waals surface area contributed by atoms with Crippen molar-refractivity contribution in [3.05, 3.63) is 51.7 Å². The number of hydrogen-bond donors (Lipinski definition) is 2. The summed E-state index contributed by atoms with van der Waals surface area (Å²) in [5.74, 6) is -1.33. The minimum Gasteiger partial charge on any atom is -0.771 e. The molecule has 3 saturated carbocycles. The van der Waals surface area contributed by atoms with E-state index in [1.807, 2.05) is 29.7 Å². The highest BCUT2D eigenvalue weighted by Gasteiger charge is 2.63. The van der Waals surface area contributed by atoms with Crippen LogP contribution < -0.4 is 19.5 Å². The molecule has 5 atom stereocenters. The SMILES string of the molecule is COc1ccc2c(O[C@H]3C[C@@H]4[C@@H](C3)C(=O)N[C@]3(C(=O)NS(=O)(=O)C5(C)CC5)C[C@H]3/C=C\CCCCN(C)N4[O-])cc(-c3nc(C(C)C)cs3)nc2c1Cl. The van der Waals surface area contributed by atoms with Crippen molar-refractivity contribution in [3.63, 3.8) is 0 Å². The molecule has 7 rings (SSSR count). The molecule has 0 radical (unpaired) electrons. The molecular formula is C37H46ClN6O7S2-. The number of halogens is 1. The average Bonchev–Trinajstić information content (AvgIpc) is 3.89. The summed E-state index contributed by atoms with van der Waals surface area (Å²) < 4.78 is 39.7. The van der Waals surface area contributed by atoms with Crippen molar-refractivity contribution in [3.8, 4) is 22.2 Å².